The van der Waals surface area contributed by atoms with Crippen molar-refractivity contribution in [2.45, 2.75) is 46.3 Å². The normalized spacial score (nSPS) is 12.5. The van der Waals surface area contributed by atoms with Crippen LogP contribution in [0.3, 0.4) is 0 Å². The average molecular weight is 302 g/mol. The van der Waals surface area contributed by atoms with Crippen LogP contribution in [0.15, 0.2) is 0 Å². The molecule has 0 unspecified atom stereocenters. The third kappa shape index (κ3) is 4.82. The van der Waals surface area contributed by atoms with Crippen molar-refractivity contribution in [2.24, 2.45) is 0 Å². The Balaban J connectivity index is 0. The van der Waals surface area contributed by atoms with Gasteiger partial charge in [0, 0.05) is 11.0 Å². The standard InChI is InChI=1S/C8H19IOSi.CH4/c1-8(2,3)11(4,5)10-7-6-9;/h6-7H2,1-5H3;1H4. The van der Waals surface area contributed by atoms with Gasteiger partial charge < -0.3 is 4.43 Å². The van der Waals surface area contributed by atoms with Crippen LogP contribution in [0.2, 0.25) is 18.1 Å². The molecule has 0 heterocycles. The lowest BCUT2D eigenvalue weighted by Crippen LogP contribution is -2.41. The van der Waals surface area contributed by atoms with Gasteiger partial charge in [0.05, 0.1) is 0 Å². The van der Waals surface area contributed by atoms with E-state index >= 15 is 0 Å². The highest BCUT2D eigenvalue weighted by Gasteiger charge is 2.36. The van der Waals surface area contributed by atoms with Gasteiger partial charge in [-0.1, -0.05) is 50.8 Å². The Morgan fingerprint density at radius 1 is 1.25 bits per heavy atom. The molecule has 1 nitrogen and oxygen atoms in total. The van der Waals surface area contributed by atoms with Gasteiger partial charge in [-0.15, -0.1) is 0 Å². The van der Waals surface area contributed by atoms with E-state index in [0.29, 0.717) is 5.04 Å². The summed E-state index contributed by atoms with van der Waals surface area (Å²) in [5.74, 6) is 0. The molecule has 0 radical (unpaired) electrons. The molecule has 0 aromatic rings. The number of halogens is 1. The first kappa shape index (κ1) is 15.4. The molecular weight excluding hydrogens is 279 g/mol. The molecule has 0 saturated heterocycles. The van der Waals surface area contributed by atoms with Crippen LogP contribution in [0.25, 0.3) is 0 Å². The second-order valence-electron chi connectivity index (χ2n) is 4.30. The fraction of sp³-hybridized carbons (Fsp3) is 1.00. The Hall–Kier alpha value is 0.907. The average Bonchev–Trinajstić information content (AvgIpc) is 1.81. The van der Waals surface area contributed by atoms with Gasteiger partial charge in [-0.05, 0) is 18.1 Å². The molecule has 0 saturated carbocycles. The predicted molar refractivity (Wildman–Crippen MR) is 68.8 cm³/mol. The summed E-state index contributed by atoms with van der Waals surface area (Å²) in [5, 5.41) is 0.360. The van der Waals surface area contributed by atoms with Crippen molar-refractivity contribution in [1.82, 2.24) is 0 Å². The Morgan fingerprint density at radius 3 is 1.92 bits per heavy atom. The molecule has 76 valence electrons. The summed E-state index contributed by atoms with van der Waals surface area (Å²) in [5.41, 5.74) is 0. The van der Waals surface area contributed by atoms with E-state index in [-0.39, 0.29) is 7.43 Å². The first-order valence-electron chi connectivity index (χ1n) is 4.01. The van der Waals surface area contributed by atoms with Gasteiger partial charge in [0.15, 0.2) is 8.32 Å². The summed E-state index contributed by atoms with van der Waals surface area (Å²) in [7, 11) is -1.43. The monoisotopic (exact) mass is 302 g/mol. The van der Waals surface area contributed by atoms with E-state index in [4.69, 9.17) is 4.43 Å². The van der Waals surface area contributed by atoms with Crippen LogP contribution in [0, 0.1) is 0 Å². The first-order valence-corrected chi connectivity index (χ1v) is 8.44. The van der Waals surface area contributed by atoms with Gasteiger partial charge in [-0.3, -0.25) is 0 Å². The van der Waals surface area contributed by atoms with Crippen LogP contribution in [-0.2, 0) is 4.43 Å². The zero-order chi connectivity index (χ0) is 9.12. The third-order valence-electron chi connectivity index (χ3n) is 2.35. The molecule has 0 aliphatic rings. The minimum absolute atomic E-state index is 0. The Morgan fingerprint density at radius 2 is 1.67 bits per heavy atom. The maximum atomic E-state index is 5.87. The van der Waals surface area contributed by atoms with Gasteiger partial charge in [0.2, 0.25) is 0 Å². The van der Waals surface area contributed by atoms with Crippen molar-refractivity contribution in [3.8, 4) is 0 Å². The highest BCUT2D eigenvalue weighted by Crippen LogP contribution is 2.36. The number of hydrogen-bond donors (Lipinski definition) is 0. The van der Waals surface area contributed by atoms with E-state index in [2.05, 4.69) is 56.5 Å². The molecule has 0 bridgehead atoms. The summed E-state index contributed by atoms with van der Waals surface area (Å²) in [6.07, 6.45) is 0. The molecule has 0 N–H and O–H groups in total. The highest BCUT2D eigenvalue weighted by molar-refractivity contribution is 14.1. The molecule has 0 spiro atoms. The fourth-order valence-corrected chi connectivity index (χ4v) is 2.19. The first-order chi connectivity index (χ1) is 4.81. The summed E-state index contributed by atoms with van der Waals surface area (Å²) < 4.78 is 6.98. The molecule has 12 heavy (non-hydrogen) atoms. The van der Waals surface area contributed by atoms with Crippen LogP contribution in [0.4, 0.5) is 0 Å². The number of rotatable bonds is 3. The molecule has 0 aromatic heterocycles. The summed E-state index contributed by atoms with van der Waals surface area (Å²) in [6, 6.07) is 0. The van der Waals surface area contributed by atoms with E-state index in [1.165, 1.54) is 0 Å². The maximum absolute atomic E-state index is 5.87. The molecular formula is C9H23IOSi. The van der Waals surface area contributed by atoms with Gasteiger partial charge in [-0.2, -0.15) is 0 Å². The largest absolute Gasteiger partial charge is 0.416 e. The lowest BCUT2D eigenvalue weighted by Gasteiger charge is -2.35. The highest BCUT2D eigenvalue weighted by atomic mass is 127. The van der Waals surface area contributed by atoms with Gasteiger partial charge in [0.1, 0.15) is 0 Å². The molecule has 0 aliphatic heterocycles. The number of alkyl halides is 1. The van der Waals surface area contributed by atoms with Crippen LogP contribution >= 0.6 is 22.6 Å². The lowest BCUT2D eigenvalue weighted by molar-refractivity contribution is 0.313. The second kappa shape index (κ2) is 5.60. The fourth-order valence-electron chi connectivity index (χ4n) is 0.510. The zero-order valence-electron chi connectivity index (χ0n) is 8.20. The van der Waals surface area contributed by atoms with Gasteiger partial charge in [0.25, 0.3) is 0 Å². The number of hydrogen-bond acceptors (Lipinski definition) is 1. The molecule has 0 amide bonds. The minimum Gasteiger partial charge on any atom is -0.416 e. The summed E-state index contributed by atoms with van der Waals surface area (Å²) in [4.78, 5) is 0. The van der Waals surface area contributed by atoms with Crippen molar-refractivity contribution >= 4 is 30.9 Å². The van der Waals surface area contributed by atoms with E-state index in [0.717, 1.165) is 11.0 Å². The zero-order valence-corrected chi connectivity index (χ0v) is 11.4. The van der Waals surface area contributed by atoms with Crippen LogP contribution in [0.1, 0.15) is 28.2 Å². The molecule has 3 heteroatoms. The Bertz CT molecular complexity index is 118. The third-order valence-corrected chi connectivity index (χ3v) is 7.32. The smallest absolute Gasteiger partial charge is 0.192 e. The second-order valence-corrected chi connectivity index (χ2v) is 10.2. The molecule has 0 aliphatic carbocycles. The van der Waals surface area contributed by atoms with Crippen molar-refractivity contribution in [1.29, 1.82) is 0 Å². The van der Waals surface area contributed by atoms with Crippen molar-refractivity contribution in [3.05, 3.63) is 0 Å². The van der Waals surface area contributed by atoms with Gasteiger partial charge in [-0.25, -0.2) is 0 Å². The quantitative estimate of drug-likeness (QED) is 0.434. The Labute approximate surface area is 92.5 Å². The molecule has 0 aromatic carbocycles. The van der Waals surface area contributed by atoms with Crippen molar-refractivity contribution < 1.29 is 4.43 Å². The minimum atomic E-state index is -1.43. The van der Waals surface area contributed by atoms with Crippen molar-refractivity contribution in [2.75, 3.05) is 11.0 Å². The summed E-state index contributed by atoms with van der Waals surface area (Å²) in [6.45, 7) is 12.3. The lowest BCUT2D eigenvalue weighted by atomic mass is 10.2. The Kier molecular flexibility index (Phi) is 7.18. The van der Waals surface area contributed by atoms with E-state index < -0.39 is 8.32 Å². The predicted octanol–water partition coefficient (Wildman–Crippen LogP) is 4.08. The van der Waals surface area contributed by atoms with Crippen LogP contribution in [-0.4, -0.2) is 19.4 Å². The van der Waals surface area contributed by atoms with E-state index in [9.17, 15) is 0 Å². The molecule has 0 rings (SSSR count). The van der Waals surface area contributed by atoms with Crippen molar-refractivity contribution in [3.63, 3.8) is 0 Å². The van der Waals surface area contributed by atoms with Crippen LogP contribution < -0.4 is 0 Å². The topological polar surface area (TPSA) is 9.23 Å². The van der Waals surface area contributed by atoms with E-state index in [1.807, 2.05) is 0 Å². The van der Waals surface area contributed by atoms with E-state index in [1.54, 1.807) is 0 Å². The summed E-state index contributed by atoms with van der Waals surface area (Å²) >= 11 is 2.35. The molecule has 0 atom stereocenters. The van der Waals surface area contributed by atoms with Gasteiger partial charge >= 0.3 is 0 Å². The SMILES string of the molecule is C.CC(C)(C)[Si](C)(C)OCCI. The molecule has 0 fully saturated rings. The van der Waals surface area contributed by atoms with Crippen LogP contribution in [0.5, 0.6) is 0 Å². The maximum Gasteiger partial charge on any atom is 0.192 e.